The van der Waals surface area contributed by atoms with E-state index in [4.69, 9.17) is 0 Å². The van der Waals surface area contributed by atoms with Crippen LogP contribution in [0, 0.1) is 25.7 Å². The Kier molecular flexibility index (Phi) is 5.87. The minimum absolute atomic E-state index is 0.0171. The van der Waals surface area contributed by atoms with Crippen molar-refractivity contribution < 1.29 is 4.79 Å². The highest BCUT2D eigenvalue weighted by Gasteiger charge is 2.20. The zero-order chi connectivity index (χ0) is 18.7. The summed E-state index contributed by atoms with van der Waals surface area (Å²) in [5.41, 5.74) is 4.11. The third-order valence-corrected chi connectivity index (χ3v) is 5.22. The summed E-state index contributed by atoms with van der Waals surface area (Å²) in [6, 6.07) is 5.57. The summed E-state index contributed by atoms with van der Waals surface area (Å²) in [5.74, 6) is 1.28. The number of aryl methyl sites for hydroxylation is 2. The van der Waals surface area contributed by atoms with Gasteiger partial charge in [-0.1, -0.05) is 13.8 Å². The van der Waals surface area contributed by atoms with E-state index in [1.807, 2.05) is 32.0 Å². The Labute approximate surface area is 156 Å². The van der Waals surface area contributed by atoms with Gasteiger partial charge in [-0.25, -0.2) is 9.97 Å². The van der Waals surface area contributed by atoms with E-state index in [1.165, 1.54) is 6.54 Å². The SMILES string of the molecule is Cc1nc2ccc(C(=O)NCC3CCN(CC(C)C)CC3)cc2nc1C. The fraction of sp³-hybridized carbons (Fsp3) is 0.571. The molecular weight excluding hydrogens is 324 g/mol. The van der Waals surface area contributed by atoms with Crippen LogP contribution in [0.25, 0.3) is 11.0 Å². The Hall–Kier alpha value is -2.01. The van der Waals surface area contributed by atoms with E-state index in [-0.39, 0.29) is 5.91 Å². The average molecular weight is 354 g/mol. The van der Waals surface area contributed by atoms with E-state index in [0.717, 1.165) is 60.8 Å². The summed E-state index contributed by atoms with van der Waals surface area (Å²) in [4.78, 5) is 24.1. The van der Waals surface area contributed by atoms with E-state index >= 15 is 0 Å². The van der Waals surface area contributed by atoms with E-state index in [1.54, 1.807) is 0 Å². The molecule has 3 rings (SSSR count). The summed E-state index contributed by atoms with van der Waals surface area (Å²) in [5, 5.41) is 3.11. The van der Waals surface area contributed by atoms with Crippen LogP contribution >= 0.6 is 0 Å². The second-order valence-electron chi connectivity index (χ2n) is 7.95. The van der Waals surface area contributed by atoms with Gasteiger partial charge < -0.3 is 10.2 Å². The maximum atomic E-state index is 12.5. The molecule has 0 aliphatic carbocycles. The zero-order valence-electron chi connectivity index (χ0n) is 16.4. The first-order valence-electron chi connectivity index (χ1n) is 9.68. The minimum Gasteiger partial charge on any atom is -0.352 e. The zero-order valence-corrected chi connectivity index (χ0v) is 16.4. The molecule has 1 amide bonds. The van der Waals surface area contributed by atoms with Crippen LogP contribution in [0.3, 0.4) is 0 Å². The fourth-order valence-corrected chi connectivity index (χ4v) is 3.60. The maximum absolute atomic E-state index is 12.5. The number of aromatic nitrogens is 2. The number of amides is 1. The monoisotopic (exact) mass is 354 g/mol. The van der Waals surface area contributed by atoms with E-state index < -0.39 is 0 Å². The van der Waals surface area contributed by atoms with Crippen molar-refractivity contribution in [2.75, 3.05) is 26.2 Å². The predicted octanol–water partition coefficient (Wildman–Crippen LogP) is 3.34. The number of likely N-dealkylation sites (tertiary alicyclic amines) is 1. The quantitative estimate of drug-likeness (QED) is 0.895. The van der Waals surface area contributed by atoms with Crippen LogP contribution in [0.1, 0.15) is 48.4 Å². The van der Waals surface area contributed by atoms with Crippen molar-refractivity contribution in [3.05, 3.63) is 35.2 Å². The van der Waals surface area contributed by atoms with Crippen molar-refractivity contribution in [2.24, 2.45) is 11.8 Å². The van der Waals surface area contributed by atoms with Gasteiger partial charge in [0.15, 0.2) is 0 Å². The van der Waals surface area contributed by atoms with Gasteiger partial charge in [-0.05, 0) is 69.8 Å². The van der Waals surface area contributed by atoms with Crippen LogP contribution in [0.15, 0.2) is 18.2 Å². The third kappa shape index (κ3) is 4.58. The van der Waals surface area contributed by atoms with Gasteiger partial charge in [-0.3, -0.25) is 4.79 Å². The van der Waals surface area contributed by atoms with Crippen molar-refractivity contribution in [2.45, 2.75) is 40.5 Å². The number of benzene rings is 1. The van der Waals surface area contributed by atoms with Gasteiger partial charge >= 0.3 is 0 Å². The highest BCUT2D eigenvalue weighted by Crippen LogP contribution is 2.18. The largest absolute Gasteiger partial charge is 0.352 e. The Morgan fingerprint density at radius 1 is 1.15 bits per heavy atom. The summed E-state index contributed by atoms with van der Waals surface area (Å²) < 4.78 is 0. The van der Waals surface area contributed by atoms with Crippen molar-refractivity contribution in [3.63, 3.8) is 0 Å². The lowest BCUT2D eigenvalue weighted by molar-refractivity contribution is 0.0934. The number of hydrogen-bond acceptors (Lipinski definition) is 4. The van der Waals surface area contributed by atoms with E-state index in [9.17, 15) is 4.79 Å². The maximum Gasteiger partial charge on any atom is 0.251 e. The molecule has 0 saturated carbocycles. The molecule has 26 heavy (non-hydrogen) atoms. The number of fused-ring (bicyclic) bond motifs is 1. The molecule has 2 aromatic rings. The molecule has 5 heteroatoms. The number of carbonyl (C=O) groups excluding carboxylic acids is 1. The van der Waals surface area contributed by atoms with Crippen LogP contribution in [0.4, 0.5) is 0 Å². The molecule has 0 radical (unpaired) electrons. The number of piperidine rings is 1. The molecule has 0 spiro atoms. The van der Waals surface area contributed by atoms with Gasteiger partial charge in [-0.2, -0.15) is 0 Å². The Morgan fingerprint density at radius 3 is 2.46 bits per heavy atom. The number of hydrogen-bond donors (Lipinski definition) is 1. The van der Waals surface area contributed by atoms with Crippen molar-refractivity contribution >= 4 is 16.9 Å². The van der Waals surface area contributed by atoms with Crippen molar-refractivity contribution in [3.8, 4) is 0 Å². The summed E-state index contributed by atoms with van der Waals surface area (Å²) >= 11 is 0. The van der Waals surface area contributed by atoms with Crippen LogP contribution in [0.2, 0.25) is 0 Å². The lowest BCUT2D eigenvalue weighted by Crippen LogP contribution is -2.40. The van der Waals surface area contributed by atoms with Crippen molar-refractivity contribution in [1.82, 2.24) is 20.2 Å². The predicted molar refractivity (Wildman–Crippen MR) is 105 cm³/mol. The second-order valence-corrected chi connectivity index (χ2v) is 7.95. The van der Waals surface area contributed by atoms with Crippen LogP contribution in [0.5, 0.6) is 0 Å². The van der Waals surface area contributed by atoms with Crippen LogP contribution in [-0.2, 0) is 0 Å². The molecule has 140 valence electrons. The lowest BCUT2D eigenvalue weighted by atomic mass is 9.96. The first-order valence-corrected chi connectivity index (χ1v) is 9.68. The molecule has 1 fully saturated rings. The molecule has 1 aliphatic heterocycles. The number of nitrogens with zero attached hydrogens (tertiary/aromatic N) is 3. The van der Waals surface area contributed by atoms with Gasteiger partial charge in [0.2, 0.25) is 0 Å². The highest BCUT2D eigenvalue weighted by atomic mass is 16.1. The van der Waals surface area contributed by atoms with Gasteiger partial charge in [0.1, 0.15) is 0 Å². The number of nitrogens with one attached hydrogen (secondary N) is 1. The summed E-state index contributed by atoms with van der Waals surface area (Å²) in [7, 11) is 0. The first kappa shape index (κ1) is 18.8. The third-order valence-electron chi connectivity index (χ3n) is 5.22. The molecule has 1 saturated heterocycles. The Balaban J connectivity index is 1.55. The smallest absolute Gasteiger partial charge is 0.251 e. The van der Waals surface area contributed by atoms with Crippen molar-refractivity contribution in [1.29, 1.82) is 0 Å². The van der Waals surface area contributed by atoms with E-state index in [2.05, 4.69) is 34.0 Å². The molecule has 0 unspecified atom stereocenters. The molecule has 0 bridgehead atoms. The lowest BCUT2D eigenvalue weighted by Gasteiger charge is -2.33. The molecular formula is C21H30N4O. The summed E-state index contributed by atoms with van der Waals surface area (Å²) in [6.07, 6.45) is 2.32. The fourth-order valence-electron chi connectivity index (χ4n) is 3.60. The summed E-state index contributed by atoms with van der Waals surface area (Å²) in [6.45, 7) is 12.6. The van der Waals surface area contributed by atoms with Gasteiger partial charge in [-0.15, -0.1) is 0 Å². The van der Waals surface area contributed by atoms with E-state index in [0.29, 0.717) is 11.5 Å². The average Bonchev–Trinajstić information content (AvgIpc) is 2.61. The normalized spacial score (nSPS) is 16.3. The van der Waals surface area contributed by atoms with Gasteiger partial charge in [0.25, 0.3) is 5.91 Å². The highest BCUT2D eigenvalue weighted by molar-refractivity contribution is 5.97. The Bertz CT molecular complexity index is 779. The molecule has 5 nitrogen and oxygen atoms in total. The van der Waals surface area contributed by atoms with Crippen LogP contribution in [-0.4, -0.2) is 47.0 Å². The molecule has 0 atom stereocenters. The Morgan fingerprint density at radius 2 is 1.81 bits per heavy atom. The molecule has 1 aromatic heterocycles. The standard InChI is InChI=1S/C21H30N4O/c1-14(2)13-25-9-7-17(8-10-25)12-22-21(26)18-5-6-19-20(11-18)24-16(4)15(3)23-19/h5-6,11,14,17H,7-10,12-13H2,1-4H3,(H,22,26). The minimum atomic E-state index is -0.0171. The number of carbonyl (C=O) groups is 1. The van der Waals surface area contributed by atoms with Gasteiger partial charge in [0.05, 0.1) is 22.4 Å². The molecule has 1 aromatic carbocycles. The van der Waals surface area contributed by atoms with Crippen LogP contribution < -0.4 is 5.32 Å². The molecule has 2 heterocycles. The topological polar surface area (TPSA) is 58.1 Å². The molecule has 1 N–H and O–H groups in total. The first-order chi connectivity index (χ1) is 12.4. The molecule has 1 aliphatic rings. The second kappa shape index (κ2) is 8.12. The van der Waals surface area contributed by atoms with Gasteiger partial charge in [0, 0.05) is 18.7 Å². The number of rotatable bonds is 5.